The van der Waals surface area contributed by atoms with Crippen molar-refractivity contribution < 1.29 is 0 Å². The lowest BCUT2D eigenvalue weighted by molar-refractivity contribution is 0.571. The lowest BCUT2D eigenvalue weighted by Crippen LogP contribution is -2.19. The third-order valence-corrected chi connectivity index (χ3v) is 3.73. The predicted octanol–water partition coefficient (Wildman–Crippen LogP) is 4.38. The van der Waals surface area contributed by atoms with Crippen LogP contribution in [0, 0.1) is 0 Å². The van der Waals surface area contributed by atoms with Gasteiger partial charge < -0.3 is 10.3 Å². The zero-order chi connectivity index (χ0) is 13.2. The van der Waals surface area contributed by atoms with E-state index in [4.69, 9.17) is 0 Å². The van der Waals surface area contributed by atoms with Gasteiger partial charge in [-0.3, -0.25) is 0 Å². The molecule has 1 heterocycles. The maximum absolute atomic E-state index is 3.54. The molecular weight excluding hydrogens is 232 g/mol. The van der Waals surface area contributed by atoms with Gasteiger partial charge >= 0.3 is 0 Å². The van der Waals surface area contributed by atoms with Crippen LogP contribution in [0.5, 0.6) is 0 Å². The maximum Gasteiger partial charge on any atom is 0.0465 e. The molecule has 1 aromatic heterocycles. The molecule has 0 fully saturated rings. The monoisotopic (exact) mass is 252 g/mol. The zero-order valence-corrected chi connectivity index (χ0v) is 11.5. The SMILES string of the molecule is CCCNC(C)c1ccc2[nH]c3ccccc3c2c1. The molecule has 0 spiro atoms. The number of aromatic nitrogens is 1. The van der Waals surface area contributed by atoms with Crippen LogP contribution in [0.2, 0.25) is 0 Å². The van der Waals surface area contributed by atoms with Crippen molar-refractivity contribution >= 4 is 21.8 Å². The Morgan fingerprint density at radius 1 is 1.05 bits per heavy atom. The molecule has 0 aliphatic rings. The number of H-pyrrole nitrogens is 1. The van der Waals surface area contributed by atoms with Crippen LogP contribution >= 0.6 is 0 Å². The van der Waals surface area contributed by atoms with E-state index in [1.807, 2.05) is 0 Å². The molecule has 0 amide bonds. The average molecular weight is 252 g/mol. The van der Waals surface area contributed by atoms with Crippen molar-refractivity contribution in [1.82, 2.24) is 10.3 Å². The first kappa shape index (κ1) is 12.2. The number of fused-ring (bicyclic) bond motifs is 3. The maximum atomic E-state index is 3.54. The van der Waals surface area contributed by atoms with E-state index in [1.165, 1.54) is 33.8 Å². The van der Waals surface area contributed by atoms with Crippen molar-refractivity contribution in [1.29, 1.82) is 0 Å². The van der Waals surface area contributed by atoms with Crippen LogP contribution in [0.25, 0.3) is 21.8 Å². The Labute approximate surface area is 113 Å². The fraction of sp³-hybridized carbons (Fsp3) is 0.294. The van der Waals surface area contributed by atoms with Gasteiger partial charge in [-0.2, -0.15) is 0 Å². The fourth-order valence-corrected chi connectivity index (χ4v) is 2.61. The van der Waals surface area contributed by atoms with Crippen molar-refractivity contribution in [3.05, 3.63) is 48.0 Å². The van der Waals surface area contributed by atoms with Gasteiger partial charge in [0.2, 0.25) is 0 Å². The first-order valence-electron chi connectivity index (χ1n) is 7.03. The molecule has 0 bridgehead atoms. The van der Waals surface area contributed by atoms with Gasteiger partial charge in [0, 0.05) is 27.8 Å². The highest BCUT2D eigenvalue weighted by atomic mass is 14.9. The number of aromatic amines is 1. The number of benzene rings is 2. The first-order valence-corrected chi connectivity index (χ1v) is 7.03. The fourth-order valence-electron chi connectivity index (χ4n) is 2.61. The van der Waals surface area contributed by atoms with E-state index in [0.29, 0.717) is 6.04 Å². The minimum Gasteiger partial charge on any atom is -0.355 e. The summed E-state index contributed by atoms with van der Waals surface area (Å²) in [5.41, 5.74) is 3.78. The molecule has 98 valence electrons. The molecule has 0 saturated carbocycles. The van der Waals surface area contributed by atoms with Gasteiger partial charge in [-0.05, 0) is 43.7 Å². The van der Waals surface area contributed by atoms with Crippen LogP contribution < -0.4 is 5.32 Å². The molecule has 3 rings (SSSR count). The van der Waals surface area contributed by atoms with E-state index in [2.05, 4.69) is 66.6 Å². The Morgan fingerprint density at radius 2 is 1.84 bits per heavy atom. The van der Waals surface area contributed by atoms with Crippen LogP contribution in [0.3, 0.4) is 0 Å². The summed E-state index contributed by atoms with van der Waals surface area (Å²) in [5, 5.41) is 6.17. The van der Waals surface area contributed by atoms with Gasteiger partial charge in [0.1, 0.15) is 0 Å². The third kappa shape index (κ3) is 2.24. The highest BCUT2D eigenvalue weighted by Gasteiger charge is 2.08. The second-order valence-electron chi connectivity index (χ2n) is 5.15. The van der Waals surface area contributed by atoms with Crippen LogP contribution in [-0.4, -0.2) is 11.5 Å². The van der Waals surface area contributed by atoms with Crippen LogP contribution in [-0.2, 0) is 0 Å². The quantitative estimate of drug-likeness (QED) is 0.708. The summed E-state index contributed by atoms with van der Waals surface area (Å²) < 4.78 is 0. The highest BCUT2D eigenvalue weighted by molar-refractivity contribution is 6.07. The van der Waals surface area contributed by atoms with Gasteiger partial charge in [-0.1, -0.05) is 31.2 Å². The molecule has 0 radical (unpaired) electrons. The molecule has 2 N–H and O–H groups in total. The smallest absolute Gasteiger partial charge is 0.0465 e. The molecular formula is C17H20N2. The molecule has 0 saturated heterocycles. The van der Waals surface area contributed by atoms with E-state index in [-0.39, 0.29) is 0 Å². The first-order chi connectivity index (χ1) is 9.29. The Hall–Kier alpha value is -1.80. The van der Waals surface area contributed by atoms with Crippen molar-refractivity contribution in [2.45, 2.75) is 26.3 Å². The second kappa shape index (κ2) is 5.06. The minimum atomic E-state index is 0.401. The van der Waals surface area contributed by atoms with E-state index in [1.54, 1.807) is 0 Å². The summed E-state index contributed by atoms with van der Waals surface area (Å²) in [7, 11) is 0. The van der Waals surface area contributed by atoms with Crippen LogP contribution in [0.4, 0.5) is 0 Å². The molecule has 1 unspecified atom stereocenters. The summed E-state index contributed by atoms with van der Waals surface area (Å²) >= 11 is 0. The summed E-state index contributed by atoms with van der Waals surface area (Å²) in [6.07, 6.45) is 1.17. The lowest BCUT2D eigenvalue weighted by Gasteiger charge is -2.13. The Balaban J connectivity index is 2.06. The summed E-state index contributed by atoms with van der Waals surface area (Å²) in [6.45, 7) is 5.49. The van der Waals surface area contributed by atoms with Gasteiger partial charge in [0.25, 0.3) is 0 Å². The summed E-state index contributed by atoms with van der Waals surface area (Å²) in [6, 6.07) is 15.6. The molecule has 0 aliphatic carbocycles. The zero-order valence-electron chi connectivity index (χ0n) is 11.5. The Kier molecular flexibility index (Phi) is 3.26. The van der Waals surface area contributed by atoms with Gasteiger partial charge in [-0.25, -0.2) is 0 Å². The van der Waals surface area contributed by atoms with Gasteiger partial charge in [0.15, 0.2) is 0 Å². The molecule has 2 nitrogen and oxygen atoms in total. The number of hydrogen-bond acceptors (Lipinski definition) is 1. The van der Waals surface area contributed by atoms with E-state index >= 15 is 0 Å². The predicted molar refractivity (Wildman–Crippen MR) is 82.5 cm³/mol. The lowest BCUT2D eigenvalue weighted by atomic mass is 10.0. The molecule has 19 heavy (non-hydrogen) atoms. The van der Waals surface area contributed by atoms with E-state index in [0.717, 1.165) is 6.54 Å². The minimum absolute atomic E-state index is 0.401. The van der Waals surface area contributed by atoms with E-state index < -0.39 is 0 Å². The highest BCUT2D eigenvalue weighted by Crippen LogP contribution is 2.27. The Bertz CT molecular complexity index is 697. The van der Waals surface area contributed by atoms with Crippen LogP contribution in [0.15, 0.2) is 42.5 Å². The van der Waals surface area contributed by atoms with Crippen molar-refractivity contribution in [2.24, 2.45) is 0 Å². The molecule has 2 aromatic carbocycles. The number of nitrogens with one attached hydrogen (secondary N) is 2. The second-order valence-corrected chi connectivity index (χ2v) is 5.15. The van der Waals surface area contributed by atoms with Crippen molar-refractivity contribution in [3.63, 3.8) is 0 Å². The molecule has 3 aromatic rings. The number of hydrogen-bond donors (Lipinski definition) is 2. The number of para-hydroxylation sites is 1. The molecule has 1 atom stereocenters. The summed E-state index contributed by atoms with van der Waals surface area (Å²) in [5.74, 6) is 0. The van der Waals surface area contributed by atoms with Gasteiger partial charge in [0.05, 0.1) is 0 Å². The normalized spacial score (nSPS) is 13.2. The number of rotatable bonds is 4. The van der Waals surface area contributed by atoms with E-state index in [9.17, 15) is 0 Å². The standard InChI is InChI=1S/C17H20N2/c1-3-10-18-12(2)13-8-9-17-15(11-13)14-6-4-5-7-16(14)19-17/h4-9,11-12,18-19H,3,10H2,1-2H3. The average Bonchev–Trinajstić information content (AvgIpc) is 2.82. The van der Waals surface area contributed by atoms with Gasteiger partial charge in [-0.15, -0.1) is 0 Å². The Morgan fingerprint density at radius 3 is 2.68 bits per heavy atom. The summed E-state index contributed by atoms with van der Waals surface area (Å²) in [4.78, 5) is 3.47. The van der Waals surface area contributed by atoms with Crippen LogP contribution in [0.1, 0.15) is 31.9 Å². The molecule has 2 heteroatoms. The van der Waals surface area contributed by atoms with Crippen molar-refractivity contribution in [2.75, 3.05) is 6.54 Å². The largest absolute Gasteiger partial charge is 0.355 e. The third-order valence-electron chi connectivity index (χ3n) is 3.73. The molecule has 0 aliphatic heterocycles. The van der Waals surface area contributed by atoms with Crippen molar-refractivity contribution in [3.8, 4) is 0 Å². The topological polar surface area (TPSA) is 27.8 Å².